The van der Waals surface area contributed by atoms with Crippen LogP contribution in [0.2, 0.25) is 0 Å². The normalized spacial score (nSPS) is 14.7. The fraction of sp³-hybridized carbons (Fsp3) is 0.364. The van der Waals surface area contributed by atoms with Crippen LogP contribution < -0.4 is 10.5 Å². The Labute approximate surface area is 111 Å². The number of rotatable bonds is 5. The van der Waals surface area contributed by atoms with E-state index in [0.717, 1.165) is 12.1 Å². The highest BCUT2D eigenvalue weighted by Gasteiger charge is 2.33. The molecule has 0 aliphatic carbocycles. The fourth-order valence-electron chi connectivity index (χ4n) is 1.46. The van der Waals surface area contributed by atoms with E-state index >= 15 is 0 Å². The second-order valence-electron chi connectivity index (χ2n) is 3.86. The molecule has 5 N–H and O–H groups in total. The lowest BCUT2D eigenvalue weighted by Gasteiger charge is -2.18. The third-order valence-corrected chi connectivity index (χ3v) is 2.41. The summed E-state index contributed by atoms with van der Waals surface area (Å²) in [6.07, 6.45) is -8.04. The van der Waals surface area contributed by atoms with E-state index < -0.39 is 35.9 Å². The van der Waals surface area contributed by atoms with E-state index in [1.807, 2.05) is 0 Å². The van der Waals surface area contributed by atoms with Crippen LogP contribution in [0.3, 0.4) is 0 Å². The van der Waals surface area contributed by atoms with E-state index in [1.165, 1.54) is 0 Å². The Bertz CT molecular complexity index is 491. The van der Waals surface area contributed by atoms with Crippen LogP contribution in [0.5, 0.6) is 5.75 Å². The number of carboxylic acids is 1. The number of carboxylic acid groups (broad SMARTS) is 1. The quantitative estimate of drug-likeness (QED) is 0.634. The standard InChI is InChI=1S/C11H12F3NO5/c12-11(13,14)20-8-3-5(9(17)7(16)4-15)1-2-6(8)10(18)19/h1-3,7,9,16-17H,4,15H2,(H,18,19). The number of aliphatic hydroxyl groups is 2. The predicted molar refractivity (Wildman–Crippen MR) is 60.1 cm³/mol. The SMILES string of the molecule is NCC(O)C(O)c1ccc(C(=O)O)c(OC(F)(F)F)c1. The van der Waals surface area contributed by atoms with Crippen LogP contribution in [0, 0.1) is 0 Å². The van der Waals surface area contributed by atoms with Crippen molar-refractivity contribution in [3.63, 3.8) is 0 Å². The summed E-state index contributed by atoms with van der Waals surface area (Å²) in [6, 6.07) is 2.60. The monoisotopic (exact) mass is 295 g/mol. The van der Waals surface area contributed by atoms with Crippen molar-refractivity contribution in [2.75, 3.05) is 6.54 Å². The van der Waals surface area contributed by atoms with Crippen LogP contribution in [-0.4, -0.2) is 40.3 Å². The molecule has 0 amide bonds. The molecule has 1 aromatic rings. The maximum absolute atomic E-state index is 12.2. The molecule has 0 bridgehead atoms. The van der Waals surface area contributed by atoms with Crippen molar-refractivity contribution < 1.29 is 38.0 Å². The van der Waals surface area contributed by atoms with Crippen molar-refractivity contribution in [1.29, 1.82) is 0 Å². The van der Waals surface area contributed by atoms with Crippen LogP contribution in [0.15, 0.2) is 18.2 Å². The first-order valence-corrected chi connectivity index (χ1v) is 5.35. The van der Waals surface area contributed by atoms with Crippen LogP contribution in [0.25, 0.3) is 0 Å². The highest BCUT2D eigenvalue weighted by molar-refractivity contribution is 5.91. The first kappa shape index (κ1) is 16.2. The first-order chi connectivity index (χ1) is 9.15. The van der Waals surface area contributed by atoms with Crippen LogP contribution in [0.1, 0.15) is 22.0 Å². The molecule has 0 fully saturated rings. The minimum atomic E-state index is -5.08. The zero-order valence-electron chi connectivity index (χ0n) is 9.96. The number of halogens is 3. The topological polar surface area (TPSA) is 113 Å². The van der Waals surface area contributed by atoms with Gasteiger partial charge in [0.25, 0.3) is 0 Å². The summed E-state index contributed by atoms with van der Waals surface area (Å²) in [6.45, 7) is -0.322. The van der Waals surface area contributed by atoms with Gasteiger partial charge < -0.3 is 25.8 Å². The smallest absolute Gasteiger partial charge is 0.478 e. The molecule has 2 unspecified atom stereocenters. The van der Waals surface area contributed by atoms with Gasteiger partial charge in [0.2, 0.25) is 0 Å². The van der Waals surface area contributed by atoms with E-state index in [4.69, 9.17) is 10.8 Å². The highest BCUT2D eigenvalue weighted by Crippen LogP contribution is 2.30. The third kappa shape index (κ3) is 4.08. The number of aliphatic hydroxyl groups excluding tert-OH is 2. The van der Waals surface area contributed by atoms with E-state index in [2.05, 4.69) is 4.74 Å². The summed E-state index contributed by atoms with van der Waals surface area (Å²) in [5.41, 5.74) is 4.25. The van der Waals surface area contributed by atoms with Crippen molar-refractivity contribution in [2.45, 2.75) is 18.6 Å². The number of ether oxygens (including phenoxy) is 1. The molecule has 0 aliphatic rings. The van der Waals surface area contributed by atoms with Gasteiger partial charge in [0, 0.05) is 6.54 Å². The van der Waals surface area contributed by atoms with Gasteiger partial charge in [0.1, 0.15) is 17.4 Å². The molecular weight excluding hydrogens is 283 g/mol. The molecule has 20 heavy (non-hydrogen) atoms. The molecule has 112 valence electrons. The molecule has 0 aliphatic heterocycles. The van der Waals surface area contributed by atoms with Gasteiger partial charge in [-0.3, -0.25) is 0 Å². The lowest BCUT2D eigenvalue weighted by Crippen LogP contribution is -2.27. The van der Waals surface area contributed by atoms with Crippen molar-refractivity contribution in [3.05, 3.63) is 29.3 Å². The molecule has 0 heterocycles. The molecule has 0 radical (unpaired) electrons. The number of benzene rings is 1. The van der Waals surface area contributed by atoms with E-state index in [-0.39, 0.29) is 12.1 Å². The molecule has 0 spiro atoms. The Morgan fingerprint density at radius 2 is 1.95 bits per heavy atom. The van der Waals surface area contributed by atoms with Crippen molar-refractivity contribution >= 4 is 5.97 Å². The maximum Gasteiger partial charge on any atom is 0.573 e. The largest absolute Gasteiger partial charge is 0.573 e. The van der Waals surface area contributed by atoms with Gasteiger partial charge in [-0.25, -0.2) is 4.79 Å². The maximum atomic E-state index is 12.2. The zero-order chi connectivity index (χ0) is 15.5. The zero-order valence-corrected chi connectivity index (χ0v) is 9.96. The Balaban J connectivity index is 3.20. The molecule has 0 saturated carbocycles. The summed E-state index contributed by atoms with van der Waals surface area (Å²) >= 11 is 0. The predicted octanol–water partition coefficient (Wildman–Crippen LogP) is 0.636. The average Bonchev–Trinajstić information content (AvgIpc) is 2.34. The van der Waals surface area contributed by atoms with Gasteiger partial charge in [0.05, 0.1) is 6.10 Å². The van der Waals surface area contributed by atoms with Crippen LogP contribution >= 0.6 is 0 Å². The van der Waals surface area contributed by atoms with Crippen molar-refractivity contribution in [2.24, 2.45) is 5.73 Å². The summed E-state index contributed by atoms with van der Waals surface area (Å²) in [5, 5.41) is 27.7. The number of nitrogens with two attached hydrogens (primary N) is 1. The van der Waals surface area contributed by atoms with E-state index in [1.54, 1.807) is 0 Å². The minimum Gasteiger partial charge on any atom is -0.478 e. The molecule has 1 aromatic carbocycles. The number of hydrogen-bond acceptors (Lipinski definition) is 5. The Morgan fingerprint density at radius 1 is 1.35 bits per heavy atom. The highest BCUT2D eigenvalue weighted by atomic mass is 19.4. The van der Waals surface area contributed by atoms with Gasteiger partial charge in [-0.15, -0.1) is 13.2 Å². The summed E-state index contributed by atoms with van der Waals surface area (Å²) in [7, 11) is 0. The molecule has 9 heteroatoms. The average molecular weight is 295 g/mol. The molecule has 2 atom stereocenters. The Morgan fingerprint density at radius 3 is 2.40 bits per heavy atom. The molecule has 1 rings (SSSR count). The lowest BCUT2D eigenvalue weighted by atomic mass is 10.0. The second kappa shape index (κ2) is 6.07. The third-order valence-electron chi connectivity index (χ3n) is 2.41. The number of carbonyl (C=O) groups is 1. The lowest BCUT2D eigenvalue weighted by molar-refractivity contribution is -0.274. The minimum absolute atomic E-state index is 0.146. The molecule has 0 aromatic heterocycles. The Hall–Kier alpha value is -1.84. The molecule has 6 nitrogen and oxygen atoms in total. The second-order valence-corrected chi connectivity index (χ2v) is 3.86. The Kier molecular flexibility index (Phi) is 4.93. The summed E-state index contributed by atoms with van der Waals surface area (Å²) in [4.78, 5) is 10.8. The van der Waals surface area contributed by atoms with Crippen molar-refractivity contribution in [3.8, 4) is 5.75 Å². The van der Waals surface area contributed by atoms with Gasteiger partial charge in [-0.05, 0) is 17.7 Å². The van der Waals surface area contributed by atoms with Gasteiger partial charge in [-0.2, -0.15) is 0 Å². The van der Waals surface area contributed by atoms with E-state index in [9.17, 15) is 28.2 Å². The summed E-state index contributed by atoms with van der Waals surface area (Å²) in [5.74, 6) is -2.60. The first-order valence-electron chi connectivity index (χ1n) is 5.35. The molecule has 0 saturated heterocycles. The van der Waals surface area contributed by atoms with Gasteiger partial charge >= 0.3 is 12.3 Å². The van der Waals surface area contributed by atoms with E-state index in [0.29, 0.717) is 6.07 Å². The van der Waals surface area contributed by atoms with Gasteiger partial charge in [-0.1, -0.05) is 6.07 Å². The number of alkyl halides is 3. The van der Waals surface area contributed by atoms with Crippen LogP contribution in [-0.2, 0) is 0 Å². The van der Waals surface area contributed by atoms with Crippen molar-refractivity contribution in [1.82, 2.24) is 0 Å². The number of aromatic carboxylic acids is 1. The molecular formula is C11H12F3NO5. The fourth-order valence-corrected chi connectivity index (χ4v) is 1.46. The number of hydrogen-bond donors (Lipinski definition) is 4. The van der Waals surface area contributed by atoms with Gasteiger partial charge in [0.15, 0.2) is 0 Å². The summed E-state index contributed by atoms with van der Waals surface area (Å²) < 4.78 is 40.2. The van der Waals surface area contributed by atoms with Crippen LogP contribution in [0.4, 0.5) is 13.2 Å².